The largest absolute Gasteiger partial charge is 0.497 e. The van der Waals surface area contributed by atoms with Crippen molar-refractivity contribution < 1.29 is 36.9 Å². The first-order chi connectivity index (χ1) is 14.3. The summed E-state index contributed by atoms with van der Waals surface area (Å²) in [6.07, 6.45) is -3.30. The van der Waals surface area contributed by atoms with E-state index in [1.165, 1.54) is 0 Å². The molecule has 1 aromatic heterocycles. The molecule has 1 aromatic carbocycles. The van der Waals surface area contributed by atoms with E-state index < -0.39 is 29.9 Å². The Bertz CT molecular complexity index is 941. The topological polar surface area (TPSA) is 66.9 Å². The molecule has 1 fully saturated rings. The van der Waals surface area contributed by atoms with Gasteiger partial charge in [0.25, 0.3) is 0 Å². The zero-order valence-corrected chi connectivity index (χ0v) is 15.9. The van der Waals surface area contributed by atoms with E-state index >= 15 is 0 Å². The highest BCUT2D eigenvalue weighted by Crippen LogP contribution is 2.34. The molecule has 0 radical (unpaired) electrons. The van der Waals surface area contributed by atoms with E-state index in [9.17, 15) is 18.0 Å². The van der Waals surface area contributed by atoms with Gasteiger partial charge in [-0.15, -0.1) is 0 Å². The Morgan fingerprint density at radius 1 is 1.13 bits per heavy atom. The molecule has 158 valence electrons. The molecule has 1 unspecified atom stereocenters. The van der Waals surface area contributed by atoms with E-state index in [-0.39, 0.29) is 24.2 Å². The number of ether oxygens (including phenoxy) is 4. The molecule has 9 heteroatoms. The minimum atomic E-state index is -4.51. The van der Waals surface area contributed by atoms with Crippen molar-refractivity contribution in [3.8, 4) is 5.75 Å². The lowest BCUT2D eigenvalue weighted by Gasteiger charge is -2.38. The maximum atomic E-state index is 12.7. The van der Waals surface area contributed by atoms with Gasteiger partial charge < -0.3 is 18.9 Å². The third-order valence-electron chi connectivity index (χ3n) is 4.87. The molecule has 0 saturated carbocycles. The Balaban J connectivity index is 1.42. The van der Waals surface area contributed by atoms with E-state index in [1.807, 2.05) is 12.1 Å². The van der Waals surface area contributed by atoms with Crippen LogP contribution in [-0.4, -0.2) is 36.7 Å². The molecule has 0 amide bonds. The number of carbonyl (C=O) groups excluding carboxylic acids is 1. The maximum absolute atomic E-state index is 12.7. The fourth-order valence-corrected chi connectivity index (χ4v) is 3.23. The van der Waals surface area contributed by atoms with Crippen LogP contribution in [0.4, 0.5) is 13.2 Å². The van der Waals surface area contributed by atoms with Gasteiger partial charge in [-0.25, -0.2) is 0 Å². The quantitative estimate of drug-likeness (QED) is 0.694. The average molecular weight is 421 g/mol. The minimum Gasteiger partial charge on any atom is -0.497 e. The van der Waals surface area contributed by atoms with Gasteiger partial charge in [0, 0.05) is 11.8 Å². The Hall–Kier alpha value is -2.91. The van der Waals surface area contributed by atoms with Crippen LogP contribution in [0.15, 0.2) is 54.4 Å². The van der Waals surface area contributed by atoms with Crippen molar-refractivity contribution in [2.45, 2.75) is 31.1 Å². The van der Waals surface area contributed by atoms with Crippen molar-refractivity contribution >= 4 is 5.78 Å². The summed E-state index contributed by atoms with van der Waals surface area (Å²) in [5.74, 6) is 0.162. The average Bonchev–Trinajstić information content (AvgIpc) is 2.77. The van der Waals surface area contributed by atoms with Crippen LogP contribution in [0, 0.1) is 0 Å². The van der Waals surface area contributed by atoms with E-state index in [2.05, 4.69) is 4.98 Å². The molecular weight excluding hydrogens is 403 g/mol. The molecule has 6 nitrogen and oxygen atoms in total. The van der Waals surface area contributed by atoms with Crippen LogP contribution in [0.25, 0.3) is 0 Å². The molecular formula is C21H18F3NO5. The number of ketones is 1. The number of hydrogen-bond donors (Lipinski definition) is 0. The van der Waals surface area contributed by atoms with E-state index in [0.717, 1.165) is 23.4 Å². The first-order valence-corrected chi connectivity index (χ1v) is 9.21. The maximum Gasteiger partial charge on any atom is 0.417 e. The number of carbonyl (C=O) groups is 1. The highest BCUT2D eigenvalue weighted by atomic mass is 19.4. The lowest BCUT2D eigenvalue weighted by atomic mass is 10.0. The number of allylic oxidation sites excluding steroid dienone is 1. The summed E-state index contributed by atoms with van der Waals surface area (Å²) in [5.41, 5.74) is -0.216. The summed E-state index contributed by atoms with van der Waals surface area (Å²) in [7, 11) is 1.58. The van der Waals surface area contributed by atoms with Crippen LogP contribution in [0.2, 0.25) is 0 Å². The van der Waals surface area contributed by atoms with Crippen LogP contribution >= 0.6 is 0 Å². The summed E-state index contributed by atoms with van der Waals surface area (Å²) in [4.78, 5) is 16.2. The minimum absolute atomic E-state index is 0.0265. The molecule has 2 aliphatic rings. The monoisotopic (exact) mass is 421 g/mol. The smallest absolute Gasteiger partial charge is 0.417 e. The lowest BCUT2D eigenvalue weighted by molar-refractivity contribution is -0.261. The number of hydrogen-bond acceptors (Lipinski definition) is 6. The SMILES string of the molecule is COc1ccc(C2OC[C@H]3OC(C(=O)c4ccc(C(F)(F)F)cn4)=CC[C@@H]3O2)cc1. The number of alkyl halides is 3. The molecule has 2 aliphatic heterocycles. The molecule has 0 spiro atoms. The molecule has 4 rings (SSSR count). The van der Waals surface area contributed by atoms with Gasteiger partial charge in [-0.05, 0) is 36.8 Å². The molecule has 2 aromatic rings. The fourth-order valence-electron chi connectivity index (χ4n) is 3.23. The predicted octanol–water partition coefficient (Wildman–Crippen LogP) is 4.08. The number of nitrogens with zero attached hydrogens (tertiary/aromatic N) is 1. The van der Waals surface area contributed by atoms with E-state index in [1.54, 1.807) is 25.3 Å². The number of halogens is 3. The van der Waals surface area contributed by atoms with Crippen LogP contribution in [0.3, 0.4) is 0 Å². The zero-order chi connectivity index (χ0) is 21.3. The normalized spacial score (nSPS) is 23.7. The molecule has 0 N–H and O–H groups in total. The van der Waals surface area contributed by atoms with E-state index in [0.29, 0.717) is 12.6 Å². The molecule has 0 bridgehead atoms. The second-order valence-corrected chi connectivity index (χ2v) is 6.83. The van der Waals surface area contributed by atoms with Gasteiger partial charge >= 0.3 is 6.18 Å². The highest BCUT2D eigenvalue weighted by molar-refractivity contribution is 6.06. The van der Waals surface area contributed by atoms with Crippen molar-refractivity contribution in [1.82, 2.24) is 4.98 Å². The first kappa shape index (κ1) is 20.4. The molecule has 3 atom stereocenters. The highest BCUT2D eigenvalue weighted by Gasteiger charge is 2.38. The van der Waals surface area contributed by atoms with Crippen molar-refractivity contribution in [2.75, 3.05) is 13.7 Å². The van der Waals surface area contributed by atoms with Crippen molar-refractivity contribution in [3.63, 3.8) is 0 Å². The Morgan fingerprint density at radius 2 is 1.90 bits per heavy atom. The molecule has 30 heavy (non-hydrogen) atoms. The van der Waals surface area contributed by atoms with Gasteiger partial charge in [-0.1, -0.05) is 12.1 Å². The third-order valence-corrected chi connectivity index (χ3v) is 4.87. The molecule has 3 heterocycles. The zero-order valence-electron chi connectivity index (χ0n) is 15.9. The lowest BCUT2D eigenvalue weighted by Crippen LogP contribution is -2.44. The summed E-state index contributed by atoms with van der Waals surface area (Å²) >= 11 is 0. The summed E-state index contributed by atoms with van der Waals surface area (Å²) in [5, 5.41) is 0. The first-order valence-electron chi connectivity index (χ1n) is 9.21. The van der Waals surface area contributed by atoms with Crippen LogP contribution in [0.1, 0.15) is 34.3 Å². The number of fused-ring (bicyclic) bond motifs is 1. The van der Waals surface area contributed by atoms with Crippen molar-refractivity contribution in [3.05, 3.63) is 71.3 Å². The number of aromatic nitrogens is 1. The predicted molar refractivity (Wildman–Crippen MR) is 97.7 cm³/mol. The van der Waals surface area contributed by atoms with Gasteiger partial charge in [0.1, 0.15) is 23.7 Å². The number of benzene rings is 1. The van der Waals surface area contributed by atoms with Crippen LogP contribution in [0.5, 0.6) is 5.75 Å². The number of Topliss-reactive ketones (excluding diaryl/α,β-unsaturated/α-hetero) is 1. The summed E-state index contributed by atoms with van der Waals surface area (Å²) in [6.45, 7) is 0.201. The van der Waals surface area contributed by atoms with Crippen molar-refractivity contribution in [2.24, 2.45) is 0 Å². The Morgan fingerprint density at radius 3 is 2.53 bits per heavy atom. The summed E-state index contributed by atoms with van der Waals surface area (Å²) < 4.78 is 60.5. The Labute approximate surface area is 170 Å². The number of pyridine rings is 1. The fraction of sp³-hybridized carbons (Fsp3) is 0.333. The second kappa shape index (κ2) is 8.08. The van der Waals surface area contributed by atoms with E-state index in [4.69, 9.17) is 18.9 Å². The van der Waals surface area contributed by atoms with Crippen LogP contribution in [-0.2, 0) is 20.4 Å². The third kappa shape index (κ3) is 4.17. The summed E-state index contributed by atoms with van der Waals surface area (Å²) in [6, 6.07) is 9.15. The Kier molecular flexibility index (Phi) is 5.48. The number of methoxy groups -OCH3 is 1. The van der Waals surface area contributed by atoms with Gasteiger partial charge in [0.05, 0.1) is 19.3 Å². The second-order valence-electron chi connectivity index (χ2n) is 6.83. The van der Waals surface area contributed by atoms with Gasteiger partial charge in [0.15, 0.2) is 12.0 Å². The van der Waals surface area contributed by atoms with Gasteiger partial charge in [-0.3, -0.25) is 9.78 Å². The van der Waals surface area contributed by atoms with Gasteiger partial charge in [0.2, 0.25) is 5.78 Å². The molecule has 1 saturated heterocycles. The van der Waals surface area contributed by atoms with Crippen LogP contribution < -0.4 is 4.74 Å². The molecule has 0 aliphatic carbocycles. The number of rotatable bonds is 4. The van der Waals surface area contributed by atoms with Crippen molar-refractivity contribution in [1.29, 1.82) is 0 Å². The standard InChI is InChI=1S/C21H18F3NO5/c1-27-14-5-2-12(3-6-14)20-28-11-18-16(30-20)8-9-17(29-18)19(26)15-7-4-13(10-25-15)21(22,23)24/h2-7,9-10,16,18,20H,8,11H2,1H3/t16-,18+,20?/m0/s1. The van der Waals surface area contributed by atoms with Gasteiger partial charge in [-0.2, -0.15) is 13.2 Å².